The predicted octanol–water partition coefficient (Wildman–Crippen LogP) is 2.16. The van der Waals surface area contributed by atoms with E-state index in [1.807, 2.05) is 18.2 Å². The van der Waals surface area contributed by atoms with E-state index in [1.165, 1.54) is 7.11 Å². The van der Waals surface area contributed by atoms with E-state index in [0.29, 0.717) is 12.3 Å². The molecule has 2 N–H and O–H groups in total. The summed E-state index contributed by atoms with van der Waals surface area (Å²) in [4.78, 5) is 11.3. The number of hydrogen-bond acceptors (Lipinski definition) is 5. The SMILES string of the molecule is COC(=O)C(N)CC(C)CCc1c(OC)cccc1OC. The highest BCUT2D eigenvalue weighted by Gasteiger charge is 2.18. The van der Waals surface area contributed by atoms with Crippen molar-refractivity contribution in [3.63, 3.8) is 0 Å². The van der Waals surface area contributed by atoms with E-state index < -0.39 is 6.04 Å². The average Bonchev–Trinajstić information content (AvgIpc) is 2.51. The van der Waals surface area contributed by atoms with Gasteiger partial charge in [-0.3, -0.25) is 4.79 Å². The molecule has 0 radical (unpaired) electrons. The largest absolute Gasteiger partial charge is 0.496 e. The van der Waals surface area contributed by atoms with Gasteiger partial charge in [-0.2, -0.15) is 0 Å². The highest BCUT2D eigenvalue weighted by Crippen LogP contribution is 2.30. The number of ether oxygens (including phenoxy) is 3. The molecule has 0 aromatic heterocycles. The molecule has 5 heteroatoms. The van der Waals surface area contributed by atoms with Crippen LogP contribution in [0.3, 0.4) is 0 Å². The fraction of sp³-hybridized carbons (Fsp3) is 0.562. The van der Waals surface area contributed by atoms with Crippen LogP contribution in [0.25, 0.3) is 0 Å². The minimum Gasteiger partial charge on any atom is -0.496 e. The number of hydrogen-bond donors (Lipinski definition) is 1. The summed E-state index contributed by atoms with van der Waals surface area (Å²) in [5, 5.41) is 0. The topological polar surface area (TPSA) is 70.8 Å². The van der Waals surface area contributed by atoms with Crippen molar-refractivity contribution in [3.8, 4) is 11.5 Å². The number of rotatable bonds is 8. The maximum Gasteiger partial charge on any atom is 0.322 e. The van der Waals surface area contributed by atoms with Crippen LogP contribution in [-0.2, 0) is 16.0 Å². The van der Waals surface area contributed by atoms with Crippen LogP contribution in [0.1, 0.15) is 25.3 Å². The Hall–Kier alpha value is -1.75. The molecule has 118 valence electrons. The van der Waals surface area contributed by atoms with Gasteiger partial charge in [0, 0.05) is 5.56 Å². The second kappa shape index (κ2) is 8.52. The quantitative estimate of drug-likeness (QED) is 0.744. The number of carbonyl (C=O) groups excluding carboxylic acids is 1. The summed E-state index contributed by atoms with van der Waals surface area (Å²) < 4.78 is 15.4. The van der Waals surface area contributed by atoms with Crippen molar-refractivity contribution in [1.29, 1.82) is 0 Å². The summed E-state index contributed by atoms with van der Waals surface area (Å²) in [7, 11) is 4.65. The van der Waals surface area contributed by atoms with Crippen LogP contribution >= 0.6 is 0 Å². The van der Waals surface area contributed by atoms with Crippen molar-refractivity contribution in [3.05, 3.63) is 23.8 Å². The van der Waals surface area contributed by atoms with Gasteiger partial charge in [-0.25, -0.2) is 0 Å². The molecule has 0 amide bonds. The minimum atomic E-state index is -0.565. The van der Waals surface area contributed by atoms with Crippen LogP contribution in [0.5, 0.6) is 11.5 Å². The predicted molar refractivity (Wildman–Crippen MR) is 81.6 cm³/mol. The molecular formula is C16H25NO4. The zero-order chi connectivity index (χ0) is 15.8. The van der Waals surface area contributed by atoms with Crippen molar-refractivity contribution >= 4 is 5.97 Å². The normalized spacial score (nSPS) is 13.4. The van der Waals surface area contributed by atoms with Crippen LogP contribution in [0.2, 0.25) is 0 Å². The molecule has 1 aromatic carbocycles. The van der Waals surface area contributed by atoms with Crippen LogP contribution < -0.4 is 15.2 Å². The fourth-order valence-electron chi connectivity index (χ4n) is 2.36. The molecule has 1 aromatic rings. The van der Waals surface area contributed by atoms with Gasteiger partial charge >= 0.3 is 5.97 Å². The molecule has 0 saturated heterocycles. The second-order valence-corrected chi connectivity index (χ2v) is 5.15. The maximum absolute atomic E-state index is 11.3. The molecular weight excluding hydrogens is 270 g/mol. The van der Waals surface area contributed by atoms with E-state index >= 15 is 0 Å². The lowest BCUT2D eigenvalue weighted by Crippen LogP contribution is -2.33. The van der Waals surface area contributed by atoms with Gasteiger partial charge in [-0.15, -0.1) is 0 Å². The fourth-order valence-corrected chi connectivity index (χ4v) is 2.36. The van der Waals surface area contributed by atoms with Crippen molar-refractivity contribution < 1.29 is 19.0 Å². The number of methoxy groups -OCH3 is 3. The first-order valence-corrected chi connectivity index (χ1v) is 7.06. The Balaban J connectivity index is 2.64. The molecule has 0 heterocycles. The smallest absolute Gasteiger partial charge is 0.322 e. The molecule has 2 unspecified atom stereocenters. The van der Waals surface area contributed by atoms with Crippen LogP contribution in [0, 0.1) is 5.92 Å². The molecule has 21 heavy (non-hydrogen) atoms. The summed E-state index contributed by atoms with van der Waals surface area (Å²) in [6, 6.07) is 5.17. The molecule has 0 spiro atoms. The third-order valence-electron chi connectivity index (χ3n) is 3.58. The van der Waals surface area contributed by atoms with E-state index in [-0.39, 0.29) is 5.97 Å². The highest BCUT2D eigenvalue weighted by atomic mass is 16.5. The Morgan fingerprint density at radius 3 is 2.24 bits per heavy atom. The van der Waals surface area contributed by atoms with Gasteiger partial charge in [0.2, 0.25) is 0 Å². The van der Waals surface area contributed by atoms with Gasteiger partial charge in [0.25, 0.3) is 0 Å². The number of benzene rings is 1. The Kier molecular flexibility index (Phi) is 7.02. The lowest BCUT2D eigenvalue weighted by Gasteiger charge is -2.17. The van der Waals surface area contributed by atoms with Gasteiger partial charge in [0.05, 0.1) is 21.3 Å². The van der Waals surface area contributed by atoms with Crippen molar-refractivity contribution in [2.75, 3.05) is 21.3 Å². The summed E-state index contributed by atoms with van der Waals surface area (Å²) in [5.41, 5.74) is 6.83. The molecule has 5 nitrogen and oxygen atoms in total. The first-order valence-electron chi connectivity index (χ1n) is 7.06. The number of carbonyl (C=O) groups is 1. The molecule has 0 aliphatic rings. The Morgan fingerprint density at radius 1 is 1.19 bits per heavy atom. The number of esters is 1. The van der Waals surface area contributed by atoms with Crippen LogP contribution in [0.4, 0.5) is 0 Å². The first kappa shape index (κ1) is 17.3. The van der Waals surface area contributed by atoms with Crippen LogP contribution in [-0.4, -0.2) is 33.3 Å². The van der Waals surface area contributed by atoms with Gasteiger partial charge in [-0.05, 0) is 37.3 Å². The van der Waals surface area contributed by atoms with Crippen LogP contribution in [0.15, 0.2) is 18.2 Å². The second-order valence-electron chi connectivity index (χ2n) is 5.15. The summed E-state index contributed by atoms with van der Waals surface area (Å²) in [5.74, 6) is 1.57. The van der Waals surface area contributed by atoms with E-state index in [0.717, 1.165) is 29.9 Å². The van der Waals surface area contributed by atoms with Crippen molar-refractivity contribution in [2.45, 2.75) is 32.2 Å². The molecule has 2 atom stereocenters. The minimum absolute atomic E-state index is 0.300. The van der Waals surface area contributed by atoms with E-state index in [9.17, 15) is 4.79 Å². The van der Waals surface area contributed by atoms with Gasteiger partial charge in [0.1, 0.15) is 17.5 Å². The van der Waals surface area contributed by atoms with E-state index in [4.69, 9.17) is 15.2 Å². The zero-order valence-electron chi connectivity index (χ0n) is 13.2. The average molecular weight is 295 g/mol. The van der Waals surface area contributed by atoms with Gasteiger partial charge in [0.15, 0.2) is 0 Å². The molecule has 0 bridgehead atoms. The van der Waals surface area contributed by atoms with Crippen molar-refractivity contribution in [1.82, 2.24) is 0 Å². The number of nitrogens with two attached hydrogens (primary N) is 1. The molecule has 0 aliphatic heterocycles. The van der Waals surface area contributed by atoms with E-state index in [2.05, 4.69) is 11.7 Å². The standard InChI is InChI=1S/C16H25NO4/c1-11(10-13(17)16(18)21-4)8-9-12-14(19-2)6-5-7-15(12)20-3/h5-7,11,13H,8-10,17H2,1-4H3. The summed E-state index contributed by atoms with van der Waals surface area (Å²) in [6.45, 7) is 2.07. The Morgan fingerprint density at radius 2 is 1.76 bits per heavy atom. The van der Waals surface area contributed by atoms with Crippen molar-refractivity contribution in [2.24, 2.45) is 11.7 Å². The molecule has 1 rings (SSSR count). The van der Waals surface area contributed by atoms with Gasteiger partial charge < -0.3 is 19.9 Å². The first-order chi connectivity index (χ1) is 10.0. The third kappa shape index (κ3) is 4.93. The molecule has 0 saturated carbocycles. The summed E-state index contributed by atoms with van der Waals surface area (Å²) >= 11 is 0. The van der Waals surface area contributed by atoms with E-state index in [1.54, 1.807) is 14.2 Å². The zero-order valence-corrected chi connectivity index (χ0v) is 13.2. The third-order valence-corrected chi connectivity index (χ3v) is 3.58. The van der Waals surface area contributed by atoms with Gasteiger partial charge in [-0.1, -0.05) is 13.0 Å². The lowest BCUT2D eigenvalue weighted by atomic mass is 9.94. The Labute approximate surface area is 126 Å². The monoisotopic (exact) mass is 295 g/mol. The maximum atomic E-state index is 11.3. The molecule has 0 fully saturated rings. The highest BCUT2D eigenvalue weighted by molar-refractivity contribution is 5.75. The molecule has 0 aliphatic carbocycles. The Bertz CT molecular complexity index is 439. The summed E-state index contributed by atoms with van der Waals surface area (Å²) in [6.07, 6.45) is 2.30. The lowest BCUT2D eigenvalue weighted by molar-refractivity contribution is -0.142.